The molecule has 0 aromatic rings. The van der Waals surface area contributed by atoms with E-state index in [1.54, 1.807) is 14.0 Å². The van der Waals surface area contributed by atoms with Crippen LogP contribution in [0.15, 0.2) is 0 Å². The Morgan fingerprint density at radius 2 is 1.46 bits per heavy atom. The molecule has 9 N–H and O–H groups in total. The van der Waals surface area contributed by atoms with Gasteiger partial charge in [-0.2, -0.15) is 0 Å². The van der Waals surface area contributed by atoms with E-state index in [1.807, 2.05) is 0 Å². The predicted octanol–water partition coefficient (Wildman–Crippen LogP) is -4.06. The molecule has 16 heteroatoms. The summed E-state index contributed by atoms with van der Waals surface area (Å²) in [6.45, 7) is 0.371. The maximum atomic E-state index is 12.4. The number of nitrogens with one attached hydrogen (secondary N) is 5. The number of hydrogen-bond acceptors (Lipinski definition) is 9. The Balaban J connectivity index is 4.86. The molecular formula is C21H37N7O9. The average molecular weight is 532 g/mol. The van der Waals surface area contributed by atoms with Crippen molar-refractivity contribution in [2.75, 3.05) is 40.3 Å². The number of carbonyl (C=O) groups excluding carboxylic acids is 5. The van der Waals surface area contributed by atoms with Gasteiger partial charge in [-0.15, -0.1) is 0 Å². The van der Waals surface area contributed by atoms with E-state index in [-0.39, 0.29) is 13.0 Å². The van der Waals surface area contributed by atoms with Gasteiger partial charge < -0.3 is 47.4 Å². The lowest BCUT2D eigenvalue weighted by Gasteiger charge is -2.21. The van der Waals surface area contributed by atoms with Gasteiger partial charge in [0.1, 0.15) is 12.1 Å². The van der Waals surface area contributed by atoms with Gasteiger partial charge in [-0.1, -0.05) is 0 Å². The zero-order valence-corrected chi connectivity index (χ0v) is 21.2. The number of hydrogen-bond donors (Lipinski definition) is 8. The van der Waals surface area contributed by atoms with Gasteiger partial charge in [0.2, 0.25) is 29.5 Å². The molecule has 0 saturated heterocycles. The summed E-state index contributed by atoms with van der Waals surface area (Å²) < 4.78 is 0. The zero-order valence-electron chi connectivity index (χ0n) is 21.2. The number of carbonyl (C=O) groups is 7. The van der Waals surface area contributed by atoms with Crippen LogP contribution in [0.2, 0.25) is 0 Å². The molecule has 0 aliphatic rings. The van der Waals surface area contributed by atoms with Crippen molar-refractivity contribution in [2.24, 2.45) is 5.73 Å². The molecule has 0 heterocycles. The third-order valence-corrected chi connectivity index (χ3v) is 5.08. The Hall–Kier alpha value is -3.79. The number of carboxylic acids is 2. The van der Waals surface area contributed by atoms with Gasteiger partial charge in [0, 0.05) is 7.05 Å². The molecule has 16 nitrogen and oxygen atoms in total. The number of nitrogens with zero attached hydrogens (tertiary/aromatic N) is 1. The van der Waals surface area contributed by atoms with Crippen LogP contribution >= 0.6 is 0 Å². The van der Waals surface area contributed by atoms with Crippen LogP contribution < -0.4 is 32.3 Å². The smallest absolute Gasteiger partial charge is 0.326 e. The van der Waals surface area contributed by atoms with Crippen LogP contribution in [0.5, 0.6) is 0 Å². The fraction of sp³-hybridized carbons (Fsp3) is 0.667. The normalized spacial score (nSPS) is 12.9. The number of unbranched alkanes of at least 4 members (excludes halogenated alkanes) is 1. The lowest BCUT2D eigenvalue weighted by molar-refractivity contribution is -0.142. The third kappa shape index (κ3) is 14.4. The number of carboxylic acid groups (broad SMARTS) is 2. The zero-order chi connectivity index (χ0) is 28.5. The monoisotopic (exact) mass is 531 g/mol. The van der Waals surface area contributed by atoms with E-state index in [0.29, 0.717) is 19.4 Å². The lowest BCUT2D eigenvalue weighted by atomic mass is 10.1. The minimum atomic E-state index is -1.57. The van der Waals surface area contributed by atoms with Crippen LogP contribution in [0.3, 0.4) is 0 Å². The number of nitrogens with two attached hydrogens (primary N) is 1. The molecule has 0 aliphatic heterocycles. The standard InChI is InChI=1S/C21H37N7O9/c1-12(23-2)19(34)25-10-17(31)28(3)11-16(30)27-14(8-18(32)33)20(35)24-9-15(29)26-13(21(36)37)6-4-5-7-22/h12-14,23H,4-11,22H2,1-3H3,(H,24,35)(H,25,34)(H,26,29)(H,27,30)(H,32,33)(H,36,37)/t12-,13-,14-/m0/s1. The number of amides is 5. The van der Waals surface area contributed by atoms with Crippen LogP contribution in [0.1, 0.15) is 32.6 Å². The van der Waals surface area contributed by atoms with E-state index in [0.717, 1.165) is 4.90 Å². The molecule has 37 heavy (non-hydrogen) atoms. The van der Waals surface area contributed by atoms with E-state index in [2.05, 4.69) is 26.6 Å². The van der Waals surface area contributed by atoms with Gasteiger partial charge in [-0.05, 0) is 39.8 Å². The summed E-state index contributed by atoms with van der Waals surface area (Å²) in [5.74, 6) is -6.40. The summed E-state index contributed by atoms with van der Waals surface area (Å²) in [7, 11) is 2.84. The van der Waals surface area contributed by atoms with Crippen molar-refractivity contribution >= 4 is 41.5 Å². The number of rotatable bonds is 18. The fourth-order valence-corrected chi connectivity index (χ4v) is 2.80. The van der Waals surface area contributed by atoms with Gasteiger partial charge >= 0.3 is 11.9 Å². The molecule has 0 fully saturated rings. The summed E-state index contributed by atoms with van der Waals surface area (Å²) in [5.41, 5.74) is 5.36. The quantitative estimate of drug-likeness (QED) is 0.0790. The molecular weight excluding hydrogens is 494 g/mol. The SMILES string of the molecule is CN[C@@H](C)C(=O)NCC(=O)N(C)CC(=O)N[C@@H](CC(=O)O)C(=O)NCC(=O)N[C@@H](CCCCN)C(=O)O. The van der Waals surface area contributed by atoms with Gasteiger partial charge in [-0.25, -0.2) is 4.79 Å². The van der Waals surface area contributed by atoms with Crippen molar-refractivity contribution in [1.29, 1.82) is 0 Å². The lowest BCUT2D eigenvalue weighted by Crippen LogP contribution is -2.53. The maximum absolute atomic E-state index is 12.4. The summed E-state index contributed by atoms with van der Waals surface area (Å²) in [6.07, 6.45) is 0.350. The van der Waals surface area contributed by atoms with Crippen molar-refractivity contribution in [1.82, 2.24) is 31.5 Å². The van der Waals surface area contributed by atoms with E-state index in [1.165, 1.54) is 7.05 Å². The molecule has 210 valence electrons. The second-order valence-corrected chi connectivity index (χ2v) is 8.16. The Morgan fingerprint density at radius 1 is 0.865 bits per heavy atom. The molecule has 0 unspecified atom stereocenters. The van der Waals surface area contributed by atoms with Crippen LogP contribution in [0, 0.1) is 0 Å². The molecule has 0 aromatic carbocycles. The fourth-order valence-electron chi connectivity index (χ4n) is 2.80. The van der Waals surface area contributed by atoms with E-state index in [9.17, 15) is 38.7 Å². The van der Waals surface area contributed by atoms with Gasteiger partial charge in [-0.3, -0.25) is 28.8 Å². The van der Waals surface area contributed by atoms with Crippen LogP contribution in [-0.2, 0) is 33.6 Å². The summed E-state index contributed by atoms with van der Waals surface area (Å²) >= 11 is 0. The van der Waals surface area contributed by atoms with Crippen molar-refractivity contribution in [3.63, 3.8) is 0 Å². The minimum absolute atomic E-state index is 0.133. The first-order chi connectivity index (χ1) is 17.3. The van der Waals surface area contributed by atoms with Gasteiger partial charge in [0.25, 0.3) is 0 Å². The van der Waals surface area contributed by atoms with Crippen molar-refractivity contribution < 1.29 is 43.8 Å². The highest BCUT2D eigenvalue weighted by atomic mass is 16.4. The first-order valence-electron chi connectivity index (χ1n) is 11.5. The maximum Gasteiger partial charge on any atom is 0.326 e. The van der Waals surface area contributed by atoms with Gasteiger partial charge in [0.15, 0.2) is 0 Å². The van der Waals surface area contributed by atoms with Crippen LogP contribution in [0.25, 0.3) is 0 Å². The molecule has 0 aliphatic carbocycles. The highest BCUT2D eigenvalue weighted by molar-refractivity contribution is 5.95. The van der Waals surface area contributed by atoms with E-state index in [4.69, 9.17) is 10.8 Å². The Labute approximate surface area is 214 Å². The average Bonchev–Trinajstić information content (AvgIpc) is 2.83. The molecule has 5 amide bonds. The molecule has 0 radical (unpaired) electrons. The summed E-state index contributed by atoms with van der Waals surface area (Å²) in [5, 5.41) is 29.9. The second kappa shape index (κ2) is 17.6. The third-order valence-electron chi connectivity index (χ3n) is 5.08. The Morgan fingerprint density at radius 3 is 2.00 bits per heavy atom. The molecule has 0 rings (SSSR count). The van der Waals surface area contributed by atoms with Crippen molar-refractivity contribution in [2.45, 2.75) is 50.7 Å². The van der Waals surface area contributed by atoms with Crippen molar-refractivity contribution in [3.05, 3.63) is 0 Å². The Kier molecular flexibility index (Phi) is 15.8. The molecule has 0 bridgehead atoms. The molecule has 0 saturated carbocycles. The highest BCUT2D eigenvalue weighted by Crippen LogP contribution is 2.01. The van der Waals surface area contributed by atoms with Crippen LogP contribution in [0.4, 0.5) is 0 Å². The number of likely N-dealkylation sites (N-methyl/N-ethyl adjacent to an activating group) is 2. The summed E-state index contributed by atoms with van der Waals surface area (Å²) in [6, 6.07) is -3.30. The predicted molar refractivity (Wildman–Crippen MR) is 129 cm³/mol. The van der Waals surface area contributed by atoms with Crippen LogP contribution in [-0.4, -0.2) is 115 Å². The molecule has 3 atom stereocenters. The highest BCUT2D eigenvalue weighted by Gasteiger charge is 2.26. The second-order valence-electron chi connectivity index (χ2n) is 8.16. The first-order valence-corrected chi connectivity index (χ1v) is 11.5. The largest absolute Gasteiger partial charge is 0.481 e. The van der Waals surface area contributed by atoms with E-state index >= 15 is 0 Å². The molecule has 0 aromatic heterocycles. The van der Waals surface area contributed by atoms with E-state index < -0.39 is 79.1 Å². The topological polar surface area (TPSA) is 249 Å². The Bertz CT molecular complexity index is 837. The van der Waals surface area contributed by atoms with Gasteiger partial charge in [0.05, 0.1) is 32.1 Å². The minimum Gasteiger partial charge on any atom is -0.481 e. The number of aliphatic carboxylic acids is 2. The first kappa shape index (κ1) is 33.2. The summed E-state index contributed by atoms with van der Waals surface area (Å²) in [4.78, 5) is 84.0. The molecule has 0 spiro atoms. The van der Waals surface area contributed by atoms with Crippen molar-refractivity contribution in [3.8, 4) is 0 Å².